The number of hydrogen-bond donors (Lipinski definition) is 1. The number of fused-ring (bicyclic) bond motifs is 1. The Hall–Kier alpha value is -2.32. The summed E-state index contributed by atoms with van der Waals surface area (Å²) in [6, 6.07) is 5.36. The number of ether oxygens (including phenoxy) is 3. The molecule has 8 nitrogen and oxygen atoms in total. The van der Waals surface area contributed by atoms with Crippen LogP contribution in [-0.2, 0) is 9.53 Å². The molecule has 158 valence electrons. The second kappa shape index (κ2) is 9.00. The zero-order valence-corrected chi connectivity index (χ0v) is 16.9. The highest BCUT2D eigenvalue weighted by molar-refractivity contribution is 5.98. The first-order valence-electron chi connectivity index (χ1n) is 10.4. The van der Waals surface area contributed by atoms with E-state index in [0.29, 0.717) is 69.7 Å². The summed E-state index contributed by atoms with van der Waals surface area (Å²) in [4.78, 5) is 29.9. The molecule has 3 aliphatic rings. The average Bonchev–Trinajstić information content (AvgIpc) is 2.94. The number of likely N-dealkylation sites (tertiary alicyclic amines) is 1. The Labute approximate surface area is 171 Å². The van der Waals surface area contributed by atoms with Gasteiger partial charge in [-0.2, -0.15) is 0 Å². The van der Waals surface area contributed by atoms with Gasteiger partial charge in [-0.1, -0.05) is 6.07 Å². The molecule has 0 saturated carbocycles. The number of likely N-dealkylation sites (N-methyl/N-ethyl adjacent to an activating group) is 1. The Bertz CT molecular complexity index is 750. The minimum absolute atomic E-state index is 0.0182. The van der Waals surface area contributed by atoms with E-state index in [-0.39, 0.29) is 23.8 Å². The molecular formula is C21H29N3O5. The van der Waals surface area contributed by atoms with Gasteiger partial charge in [0.15, 0.2) is 11.5 Å². The molecule has 0 unspecified atom stereocenters. The monoisotopic (exact) mass is 403 g/mol. The maximum absolute atomic E-state index is 12.9. The molecule has 29 heavy (non-hydrogen) atoms. The van der Waals surface area contributed by atoms with Crippen LogP contribution >= 0.6 is 0 Å². The van der Waals surface area contributed by atoms with E-state index in [1.165, 1.54) is 0 Å². The van der Waals surface area contributed by atoms with Gasteiger partial charge in [-0.05, 0) is 32.0 Å². The van der Waals surface area contributed by atoms with Crippen molar-refractivity contribution in [3.63, 3.8) is 0 Å². The molecule has 2 atom stereocenters. The molecule has 0 aromatic heterocycles. The maximum atomic E-state index is 12.9. The van der Waals surface area contributed by atoms with Crippen molar-refractivity contribution in [2.24, 2.45) is 5.92 Å². The lowest BCUT2D eigenvalue weighted by atomic mass is 10.00. The summed E-state index contributed by atoms with van der Waals surface area (Å²) >= 11 is 0. The molecule has 1 aromatic carbocycles. The number of para-hydroxylation sites is 1. The molecule has 0 bridgehead atoms. The van der Waals surface area contributed by atoms with Crippen LogP contribution < -0.4 is 14.8 Å². The summed E-state index contributed by atoms with van der Waals surface area (Å²) in [5, 5.41) is 3.13. The smallest absolute Gasteiger partial charge is 0.255 e. The lowest BCUT2D eigenvalue weighted by Gasteiger charge is -2.31. The Balaban J connectivity index is 1.39. The highest BCUT2D eigenvalue weighted by atomic mass is 16.6. The van der Waals surface area contributed by atoms with Crippen LogP contribution in [0.1, 0.15) is 23.2 Å². The number of carbonyl (C=O) groups is 2. The quantitative estimate of drug-likeness (QED) is 0.803. The summed E-state index contributed by atoms with van der Waals surface area (Å²) in [5.41, 5.74) is 0.495. The van der Waals surface area contributed by atoms with E-state index >= 15 is 0 Å². The van der Waals surface area contributed by atoms with Gasteiger partial charge < -0.3 is 29.3 Å². The Kier molecular flexibility index (Phi) is 6.20. The van der Waals surface area contributed by atoms with Crippen molar-refractivity contribution in [2.75, 3.05) is 59.7 Å². The van der Waals surface area contributed by atoms with E-state index in [9.17, 15) is 9.59 Å². The van der Waals surface area contributed by atoms with E-state index in [1.807, 2.05) is 18.0 Å². The molecule has 0 spiro atoms. The second-order valence-electron chi connectivity index (χ2n) is 7.93. The summed E-state index contributed by atoms with van der Waals surface area (Å²) in [6.45, 7) is 4.91. The first-order chi connectivity index (χ1) is 14.1. The number of hydrogen-bond acceptors (Lipinski definition) is 6. The third-order valence-electron chi connectivity index (χ3n) is 5.75. The lowest BCUT2D eigenvalue weighted by Crippen LogP contribution is -2.46. The van der Waals surface area contributed by atoms with Crippen molar-refractivity contribution < 1.29 is 23.8 Å². The van der Waals surface area contributed by atoms with Crippen molar-refractivity contribution in [2.45, 2.75) is 18.9 Å². The number of nitrogens with one attached hydrogen (secondary N) is 1. The lowest BCUT2D eigenvalue weighted by molar-refractivity contribution is -0.140. The summed E-state index contributed by atoms with van der Waals surface area (Å²) in [6.07, 6.45) is 1.53. The first kappa shape index (κ1) is 20.0. The van der Waals surface area contributed by atoms with Crippen LogP contribution in [0.5, 0.6) is 11.5 Å². The van der Waals surface area contributed by atoms with Gasteiger partial charge in [0.25, 0.3) is 5.91 Å². The van der Waals surface area contributed by atoms with Crippen LogP contribution in [0, 0.1) is 5.92 Å². The molecule has 2 fully saturated rings. The van der Waals surface area contributed by atoms with Crippen molar-refractivity contribution in [1.29, 1.82) is 0 Å². The second-order valence-corrected chi connectivity index (χ2v) is 7.93. The van der Waals surface area contributed by atoms with Gasteiger partial charge in [0.2, 0.25) is 5.91 Å². The normalized spacial score (nSPS) is 25.2. The van der Waals surface area contributed by atoms with E-state index in [0.717, 1.165) is 12.8 Å². The molecule has 1 N–H and O–H groups in total. The number of nitrogens with zero attached hydrogens (tertiary/aromatic N) is 2. The molecule has 4 rings (SSSR count). The van der Waals surface area contributed by atoms with Crippen LogP contribution in [0.3, 0.4) is 0 Å². The molecule has 0 aliphatic carbocycles. The number of rotatable bonds is 3. The fourth-order valence-electron chi connectivity index (χ4n) is 4.29. The van der Waals surface area contributed by atoms with Crippen LogP contribution in [-0.4, -0.2) is 87.3 Å². The summed E-state index contributed by atoms with van der Waals surface area (Å²) < 4.78 is 16.6. The SMILES string of the molecule is CN1C[C@@H](NC(=O)c2cccc3c2OCCO3)CC[C@@H](C(=O)N2CCOCC2)C1. The molecule has 3 heterocycles. The van der Waals surface area contributed by atoms with E-state index in [2.05, 4.69) is 10.2 Å². The predicted molar refractivity (Wildman–Crippen MR) is 106 cm³/mol. The van der Waals surface area contributed by atoms with Gasteiger partial charge in [0.1, 0.15) is 13.2 Å². The van der Waals surface area contributed by atoms with Crippen LogP contribution in [0.4, 0.5) is 0 Å². The minimum Gasteiger partial charge on any atom is -0.486 e. The highest BCUT2D eigenvalue weighted by Gasteiger charge is 2.31. The van der Waals surface area contributed by atoms with E-state index in [1.54, 1.807) is 12.1 Å². The Morgan fingerprint density at radius 2 is 1.83 bits per heavy atom. The van der Waals surface area contributed by atoms with Gasteiger partial charge in [-0.25, -0.2) is 0 Å². The van der Waals surface area contributed by atoms with Gasteiger partial charge in [0.05, 0.1) is 24.7 Å². The minimum atomic E-state index is -0.163. The summed E-state index contributed by atoms with van der Waals surface area (Å²) in [7, 11) is 2.01. The number of benzene rings is 1. The summed E-state index contributed by atoms with van der Waals surface area (Å²) in [5.74, 6) is 1.12. The first-order valence-corrected chi connectivity index (χ1v) is 10.4. The molecule has 1 aromatic rings. The number of amides is 2. The van der Waals surface area contributed by atoms with Gasteiger partial charge >= 0.3 is 0 Å². The molecule has 2 amide bonds. The molecular weight excluding hydrogens is 374 g/mol. The highest BCUT2D eigenvalue weighted by Crippen LogP contribution is 2.33. The Morgan fingerprint density at radius 1 is 1.03 bits per heavy atom. The van der Waals surface area contributed by atoms with E-state index < -0.39 is 0 Å². The maximum Gasteiger partial charge on any atom is 0.255 e. The number of carbonyl (C=O) groups excluding carboxylic acids is 2. The zero-order chi connectivity index (χ0) is 20.2. The molecule has 0 radical (unpaired) electrons. The Morgan fingerprint density at radius 3 is 2.66 bits per heavy atom. The average molecular weight is 403 g/mol. The van der Waals surface area contributed by atoms with Crippen LogP contribution in [0.2, 0.25) is 0 Å². The van der Waals surface area contributed by atoms with Crippen LogP contribution in [0.15, 0.2) is 18.2 Å². The standard InChI is InChI=1S/C21H29N3O5/c1-23-13-15(21(26)24-7-9-27-10-8-24)5-6-16(14-23)22-20(25)17-3-2-4-18-19(17)29-12-11-28-18/h2-4,15-16H,5-14H2,1H3,(H,22,25)/t15-,16+/m1/s1. The van der Waals surface area contributed by atoms with Gasteiger partial charge in [-0.15, -0.1) is 0 Å². The number of morpholine rings is 1. The third-order valence-corrected chi connectivity index (χ3v) is 5.75. The molecule has 3 aliphatic heterocycles. The van der Waals surface area contributed by atoms with Crippen molar-refractivity contribution in [1.82, 2.24) is 15.1 Å². The largest absolute Gasteiger partial charge is 0.486 e. The van der Waals surface area contributed by atoms with Crippen molar-refractivity contribution in [3.05, 3.63) is 23.8 Å². The molecule has 2 saturated heterocycles. The molecule has 8 heteroatoms. The topological polar surface area (TPSA) is 80.3 Å². The van der Waals surface area contributed by atoms with Gasteiger partial charge in [-0.3, -0.25) is 9.59 Å². The van der Waals surface area contributed by atoms with Crippen molar-refractivity contribution >= 4 is 11.8 Å². The predicted octanol–water partition coefficient (Wildman–Crippen LogP) is 0.757. The fourth-order valence-corrected chi connectivity index (χ4v) is 4.29. The van der Waals surface area contributed by atoms with Crippen molar-refractivity contribution in [3.8, 4) is 11.5 Å². The fraction of sp³-hybridized carbons (Fsp3) is 0.619. The zero-order valence-electron chi connectivity index (χ0n) is 16.9. The van der Waals surface area contributed by atoms with Crippen LogP contribution in [0.25, 0.3) is 0 Å². The van der Waals surface area contributed by atoms with Gasteiger partial charge in [0, 0.05) is 32.2 Å². The van der Waals surface area contributed by atoms with E-state index in [4.69, 9.17) is 14.2 Å². The third kappa shape index (κ3) is 4.64.